The summed E-state index contributed by atoms with van der Waals surface area (Å²) in [4.78, 5) is 46.2. The van der Waals surface area contributed by atoms with Crippen molar-refractivity contribution in [3.8, 4) is 28.7 Å². The third kappa shape index (κ3) is 8.47. The van der Waals surface area contributed by atoms with Crippen LogP contribution in [0.3, 0.4) is 0 Å². The Bertz CT molecular complexity index is 1540. The monoisotopic (exact) mass is 566 g/mol. The van der Waals surface area contributed by atoms with E-state index in [4.69, 9.17) is 25.8 Å². The zero-order valence-corrected chi connectivity index (χ0v) is 22.0. The number of esters is 3. The van der Waals surface area contributed by atoms with Crippen molar-refractivity contribution in [1.29, 1.82) is 0 Å². The number of hydrogen-bond donors (Lipinski definition) is 3. The van der Waals surface area contributed by atoms with Crippen LogP contribution in [0.5, 0.6) is 28.7 Å². The third-order valence-electron chi connectivity index (χ3n) is 5.10. The summed E-state index contributed by atoms with van der Waals surface area (Å²) >= 11 is 6.26. The molecular formula is C29H23ClO10. The Morgan fingerprint density at radius 1 is 0.775 bits per heavy atom. The number of carboxylic acid groups (broad SMARTS) is 1. The zero-order valence-electron chi connectivity index (χ0n) is 21.2. The second-order valence-electron chi connectivity index (χ2n) is 8.31. The first-order chi connectivity index (χ1) is 18.9. The molecule has 0 heterocycles. The molecule has 10 nitrogen and oxygen atoms in total. The van der Waals surface area contributed by atoms with Gasteiger partial charge >= 0.3 is 23.9 Å². The predicted octanol–water partition coefficient (Wildman–Crippen LogP) is 4.93. The van der Waals surface area contributed by atoms with Crippen LogP contribution in [0.2, 0.25) is 5.02 Å². The minimum absolute atomic E-state index is 0.0182. The summed E-state index contributed by atoms with van der Waals surface area (Å²) in [6.07, 6.45) is 3.80. The molecule has 40 heavy (non-hydrogen) atoms. The van der Waals surface area contributed by atoms with Crippen LogP contribution in [0, 0.1) is 0 Å². The highest BCUT2D eigenvalue weighted by Gasteiger charge is 2.14. The van der Waals surface area contributed by atoms with Crippen LogP contribution in [0.4, 0.5) is 0 Å². The molecule has 0 spiro atoms. The maximum atomic E-state index is 12.3. The Labute approximate surface area is 233 Å². The van der Waals surface area contributed by atoms with Gasteiger partial charge in [0.25, 0.3) is 0 Å². The second-order valence-corrected chi connectivity index (χ2v) is 8.72. The van der Waals surface area contributed by atoms with Crippen molar-refractivity contribution in [1.82, 2.24) is 0 Å². The number of rotatable bonds is 9. The first kappa shape index (κ1) is 29.5. The van der Waals surface area contributed by atoms with Gasteiger partial charge in [0, 0.05) is 31.9 Å². The normalized spacial score (nSPS) is 11.2. The molecule has 3 aromatic carbocycles. The number of carbonyl (C=O) groups excluding carboxylic acids is 3. The molecule has 0 unspecified atom stereocenters. The third-order valence-corrected chi connectivity index (χ3v) is 5.40. The summed E-state index contributed by atoms with van der Waals surface area (Å²) in [6.45, 7) is 2.38. The van der Waals surface area contributed by atoms with Crippen molar-refractivity contribution in [3.63, 3.8) is 0 Å². The van der Waals surface area contributed by atoms with Crippen molar-refractivity contribution in [2.75, 3.05) is 0 Å². The number of carbonyl (C=O) groups is 4. The maximum absolute atomic E-state index is 12.3. The lowest BCUT2D eigenvalue weighted by Gasteiger charge is -2.09. The topological polar surface area (TPSA) is 157 Å². The molecule has 0 saturated carbocycles. The second kappa shape index (κ2) is 13.1. The van der Waals surface area contributed by atoms with Gasteiger partial charge in [-0.2, -0.15) is 0 Å². The van der Waals surface area contributed by atoms with Crippen LogP contribution >= 0.6 is 11.6 Å². The lowest BCUT2D eigenvalue weighted by Crippen LogP contribution is -2.06. The lowest BCUT2D eigenvalue weighted by atomic mass is 10.0. The average molecular weight is 567 g/mol. The fraction of sp³-hybridized carbons (Fsp3) is 0.103. The van der Waals surface area contributed by atoms with Gasteiger partial charge in [0.05, 0.1) is 5.02 Å². The predicted molar refractivity (Wildman–Crippen MR) is 144 cm³/mol. The molecule has 0 bridgehead atoms. The van der Waals surface area contributed by atoms with Crippen molar-refractivity contribution >= 4 is 47.6 Å². The highest BCUT2D eigenvalue weighted by molar-refractivity contribution is 6.32. The van der Waals surface area contributed by atoms with Gasteiger partial charge < -0.3 is 29.5 Å². The first-order valence-electron chi connectivity index (χ1n) is 11.6. The van der Waals surface area contributed by atoms with Gasteiger partial charge in [-0.3, -0.25) is 9.59 Å². The molecule has 0 aliphatic heterocycles. The lowest BCUT2D eigenvalue weighted by molar-refractivity contribution is -0.133. The molecule has 206 valence electrons. The molecule has 0 fully saturated rings. The van der Waals surface area contributed by atoms with Crippen LogP contribution in [0.25, 0.3) is 12.2 Å². The molecule has 0 aromatic heterocycles. The van der Waals surface area contributed by atoms with Gasteiger partial charge in [-0.15, -0.1) is 0 Å². The van der Waals surface area contributed by atoms with Gasteiger partial charge in [0.2, 0.25) is 0 Å². The van der Waals surface area contributed by atoms with Crippen molar-refractivity contribution in [2.24, 2.45) is 0 Å². The fourth-order valence-electron chi connectivity index (χ4n) is 3.40. The molecule has 0 atom stereocenters. The number of aliphatic carboxylic acids is 1. The Kier molecular flexibility index (Phi) is 9.66. The number of ether oxygens (including phenoxy) is 3. The van der Waals surface area contributed by atoms with E-state index in [0.717, 1.165) is 6.08 Å². The number of phenols is 2. The van der Waals surface area contributed by atoms with Gasteiger partial charge in [-0.1, -0.05) is 29.8 Å². The molecule has 3 N–H and O–H groups in total. The van der Waals surface area contributed by atoms with E-state index < -0.39 is 23.9 Å². The number of phenolic OH excluding ortho intramolecular Hbond substituents is 2. The smallest absolute Gasteiger partial charge is 0.336 e. The SMILES string of the molecule is CC(=O)Oc1ccc(/C=C/C(=O)Oc2ccc(C/C(=C\c3ccc(OC(C)=O)c(O)c3)C(=O)O)cc2Cl)cc1O. The summed E-state index contributed by atoms with van der Waals surface area (Å²) in [5.41, 5.74) is 1.29. The van der Waals surface area contributed by atoms with Crippen LogP contribution in [0.1, 0.15) is 30.5 Å². The highest BCUT2D eigenvalue weighted by Crippen LogP contribution is 2.30. The van der Waals surface area contributed by atoms with E-state index in [2.05, 4.69) is 0 Å². The maximum Gasteiger partial charge on any atom is 0.336 e. The van der Waals surface area contributed by atoms with E-state index in [1.165, 1.54) is 74.5 Å². The zero-order chi connectivity index (χ0) is 29.4. The Morgan fingerprint density at radius 2 is 1.32 bits per heavy atom. The number of benzene rings is 3. The molecule has 0 aliphatic rings. The Morgan fingerprint density at radius 3 is 1.85 bits per heavy atom. The van der Waals surface area contributed by atoms with E-state index >= 15 is 0 Å². The number of carboxylic acids is 1. The molecule has 3 aromatic rings. The van der Waals surface area contributed by atoms with Gasteiger partial charge in [0.1, 0.15) is 5.75 Å². The van der Waals surface area contributed by atoms with Crippen molar-refractivity contribution in [3.05, 3.63) is 88.0 Å². The van der Waals surface area contributed by atoms with E-state index in [0.29, 0.717) is 16.7 Å². The summed E-state index contributed by atoms with van der Waals surface area (Å²) < 4.78 is 14.9. The van der Waals surface area contributed by atoms with Crippen LogP contribution < -0.4 is 14.2 Å². The van der Waals surface area contributed by atoms with E-state index in [1.807, 2.05) is 0 Å². The fourth-order valence-corrected chi connectivity index (χ4v) is 3.64. The quantitative estimate of drug-likeness (QED) is 0.184. The van der Waals surface area contributed by atoms with Gasteiger partial charge in [0.15, 0.2) is 23.0 Å². The summed E-state index contributed by atoms with van der Waals surface area (Å²) in [5.74, 6) is -3.80. The van der Waals surface area contributed by atoms with Crippen LogP contribution in [-0.4, -0.2) is 39.2 Å². The van der Waals surface area contributed by atoms with Crippen molar-refractivity contribution in [2.45, 2.75) is 20.3 Å². The molecule has 0 aliphatic carbocycles. The Balaban J connectivity index is 1.69. The number of halogens is 1. The molecule has 0 radical (unpaired) electrons. The van der Waals surface area contributed by atoms with Gasteiger partial charge in [-0.25, -0.2) is 9.59 Å². The minimum atomic E-state index is -1.20. The molecule has 0 amide bonds. The van der Waals surface area contributed by atoms with Crippen LogP contribution in [-0.2, 0) is 25.6 Å². The molecule has 11 heteroatoms. The minimum Gasteiger partial charge on any atom is -0.504 e. The largest absolute Gasteiger partial charge is 0.504 e. The summed E-state index contributed by atoms with van der Waals surface area (Å²) in [6, 6.07) is 12.7. The highest BCUT2D eigenvalue weighted by atomic mass is 35.5. The van der Waals surface area contributed by atoms with Gasteiger partial charge in [-0.05, 0) is 65.2 Å². The summed E-state index contributed by atoms with van der Waals surface area (Å²) in [5, 5.41) is 29.7. The number of aromatic hydroxyl groups is 2. The first-order valence-corrected chi connectivity index (χ1v) is 11.9. The average Bonchev–Trinajstić information content (AvgIpc) is 2.86. The molecule has 3 rings (SSSR count). The Hall–Kier alpha value is -5.09. The summed E-state index contributed by atoms with van der Waals surface area (Å²) in [7, 11) is 0. The molecular weight excluding hydrogens is 544 g/mol. The molecule has 0 saturated heterocycles. The standard InChI is InChI=1S/C29H23ClO10/c1-16(31)38-26-8-3-18(14-23(26)33)6-10-28(35)40-25-7-4-19(13-22(25)30)11-21(29(36)37)12-20-5-9-27(24(34)15-20)39-17(2)32/h3-10,12-15,33-34H,11H2,1-2H3,(H,36,37)/b10-6+,21-12+. The van der Waals surface area contributed by atoms with E-state index in [1.54, 1.807) is 6.07 Å². The van der Waals surface area contributed by atoms with E-state index in [-0.39, 0.29) is 45.8 Å². The van der Waals surface area contributed by atoms with E-state index in [9.17, 15) is 34.5 Å². The van der Waals surface area contributed by atoms with Crippen molar-refractivity contribution < 1.29 is 48.7 Å². The van der Waals surface area contributed by atoms with Crippen LogP contribution in [0.15, 0.2) is 66.2 Å². The number of hydrogen-bond acceptors (Lipinski definition) is 9.